The van der Waals surface area contributed by atoms with Crippen LogP contribution in [-0.4, -0.2) is 4.98 Å². The summed E-state index contributed by atoms with van der Waals surface area (Å²) in [6.07, 6.45) is 6.17. The lowest BCUT2D eigenvalue weighted by atomic mass is 10.2. The van der Waals surface area contributed by atoms with Crippen LogP contribution in [0.2, 0.25) is 0 Å². The average molecular weight is 108 g/mol. The third-order valence-corrected chi connectivity index (χ3v) is 1.12. The van der Waals surface area contributed by atoms with Crippen molar-refractivity contribution in [2.75, 3.05) is 0 Å². The van der Waals surface area contributed by atoms with Crippen molar-refractivity contribution < 1.29 is 0 Å². The molecule has 8 heavy (non-hydrogen) atoms. The normalized spacial score (nSPS) is 9.62. The first-order valence-electron chi connectivity index (χ1n) is 2.97. The average Bonchev–Trinajstić information content (AvgIpc) is 2.19. The van der Waals surface area contributed by atoms with Crippen molar-refractivity contribution in [2.24, 2.45) is 0 Å². The molecule has 1 radical (unpaired) electrons. The van der Waals surface area contributed by atoms with E-state index in [1.54, 1.807) is 0 Å². The summed E-state index contributed by atoms with van der Waals surface area (Å²) >= 11 is 0. The van der Waals surface area contributed by atoms with Crippen LogP contribution in [0.15, 0.2) is 12.4 Å². The minimum Gasteiger partial charge on any atom is -0.367 e. The Morgan fingerprint density at radius 1 is 1.75 bits per heavy atom. The Labute approximate surface area is 49.7 Å². The largest absolute Gasteiger partial charge is 0.367 e. The molecular formula is C7H10N. The van der Waals surface area contributed by atoms with Gasteiger partial charge in [-0.05, 0) is 12.0 Å². The number of nitrogens with one attached hydrogen (secondary N) is 1. The summed E-state index contributed by atoms with van der Waals surface area (Å²) in [5, 5.41) is 0. The number of hydrogen-bond acceptors (Lipinski definition) is 0. The van der Waals surface area contributed by atoms with Crippen molar-refractivity contribution in [2.45, 2.75) is 19.8 Å². The fourth-order valence-corrected chi connectivity index (χ4v) is 0.732. The van der Waals surface area contributed by atoms with E-state index in [1.807, 2.05) is 12.4 Å². The molecule has 0 aliphatic rings. The van der Waals surface area contributed by atoms with E-state index < -0.39 is 0 Å². The van der Waals surface area contributed by atoms with Gasteiger partial charge in [-0.2, -0.15) is 0 Å². The van der Waals surface area contributed by atoms with Crippen LogP contribution in [0.25, 0.3) is 0 Å². The number of aryl methyl sites for hydroxylation is 1. The molecule has 43 valence electrons. The molecule has 0 atom stereocenters. The van der Waals surface area contributed by atoms with Gasteiger partial charge in [-0.15, -0.1) is 0 Å². The summed E-state index contributed by atoms with van der Waals surface area (Å²) in [6.45, 7) is 2.17. The molecule has 1 N–H and O–H groups in total. The number of aromatic amines is 1. The minimum absolute atomic E-state index is 1.14. The summed E-state index contributed by atoms with van der Waals surface area (Å²) in [6, 6.07) is 3.08. The molecule has 0 unspecified atom stereocenters. The predicted octanol–water partition coefficient (Wildman–Crippen LogP) is 1.77. The van der Waals surface area contributed by atoms with Crippen LogP contribution < -0.4 is 0 Å². The number of hydrogen-bond donors (Lipinski definition) is 1. The first-order valence-corrected chi connectivity index (χ1v) is 2.97. The Kier molecular flexibility index (Phi) is 1.73. The summed E-state index contributed by atoms with van der Waals surface area (Å²) in [4.78, 5) is 2.96. The quantitative estimate of drug-likeness (QED) is 0.594. The first-order chi connectivity index (χ1) is 3.93. The standard InChI is InChI=1S/C7H10N/c1-2-3-7-4-5-8-6-7/h5-6,8H,2-3H2,1H3. The van der Waals surface area contributed by atoms with Gasteiger partial charge in [0.25, 0.3) is 0 Å². The molecule has 1 rings (SSSR count). The van der Waals surface area contributed by atoms with Gasteiger partial charge in [-0.25, -0.2) is 0 Å². The molecule has 1 nitrogen and oxygen atoms in total. The second kappa shape index (κ2) is 2.55. The fourth-order valence-electron chi connectivity index (χ4n) is 0.732. The molecule has 0 spiro atoms. The van der Waals surface area contributed by atoms with Gasteiger partial charge in [-0.3, -0.25) is 0 Å². The Bertz CT molecular complexity index is 130. The van der Waals surface area contributed by atoms with E-state index in [9.17, 15) is 0 Å². The van der Waals surface area contributed by atoms with E-state index in [2.05, 4.69) is 18.0 Å². The van der Waals surface area contributed by atoms with Crippen LogP contribution >= 0.6 is 0 Å². The Balaban J connectivity index is 2.50. The minimum atomic E-state index is 1.14. The third-order valence-electron chi connectivity index (χ3n) is 1.12. The molecule has 1 aromatic heterocycles. The highest BCUT2D eigenvalue weighted by Crippen LogP contribution is 1.97. The van der Waals surface area contributed by atoms with Crippen LogP contribution in [0, 0.1) is 6.07 Å². The fraction of sp³-hybridized carbons (Fsp3) is 0.429. The van der Waals surface area contributed by atoms with E-state index in [-0.39, 0.29) is 0 Å². The summed E-state index contributed by atoms with van der Waals surface area (Å²) in [7, 11) is 0. The molecular weight excluding hydrogens is 98.1 g/mol. The Morgan fingerprint density at radius 2 is 2.62 bits per heavy atom. The number of aromatic nitrogens is 1. The van der Waals surface area contributed by atoms with Crippen LogP contribution in [-0.2, 0) is 6.42 Å². The molecule has 0 saturated carbocycles. The van der Waals surface area contributed by atoms with Crippen molar-refractivity contribution in [1.29, 1.82) is 0 Å². The van der Waals surface area contributed by atoms with E-state index in [0.29, 0.717) is 0 Å². The van der Waals surface area contributed by atoms with Crippen LogP contribution in [0.5, 0.6) is 0 Å². The smallest absolute Gasteiger partial charge is 0.00877 e. The molecule has 0 fully saturated rings. The highest BCUT2D eigenvalue weighted by Gasteiger charge is 1.86. The summed E-state index contributed by atoms with van der Waals surface area (Å²) < 4.78 is 0. The highest BCUT2D eigenvalue weighted by molar-refractivity contribution is 5.05. The molecule has 0 aliphatic carbocycles. The van der Waals surface area contributed by atoms with E-state index >= 15 is 0 Å². The lowest BCUT2D eigenvalue weighted by molar-refractivity contribution is 0.922. The van der Waals surface area contributed by atoms with E-state index in [1.165, 1.54) is 12.0 Å². The van der Waals surface area contributed by atoms with Crippen LogP contribution in [0.3, 0.4) is 0 Å². The molecule has 0 amide bonds. The maximum Gasteiger partial charge on any atom is 0.00877 e. The van der Waals surface area contributed by atoms with E-state index in [4.69, 9.17) is 0 Å². The zero-order valence-corrected chi connectivity index (χ0v) is 5.07. The van der Waals surface area contributed by atoms with Crippen molar-refractivity contribution in [1.82, 2.24) is 4.98 Å². The highest BCUT2D eigenvalue weighted by atomic mass is 14.6. The predicted molar refractivity (Wildman–Crippen MR) is 33.6 cm³/mol. The molecule has 1 heterocycles. The molecule has 0 aromatic carbocycles. The van der Waals surface area contributed by atoms with Gasteiger partial charge in [0.15, 0.2) is 0 Å². The summed E-state index contributed by atoms with van der Waals surface area (Å²) in [5.74, 6) is 0. The number of H-pyrrole nitrogens is 1. The number of rotatable bonds is 2. The Hall–Kier alpha value is -0.720. The Morgan fingerprint density at radius 3 is 3.12 bits per heavy atom. The zero-order chi connectivity index (χ0) is 5.82. The lowest BCUT2D eigenvalue weighted by Gasteiger charge is -1.85. The van der Waals surface area contributed by atoms with Gasteiger partial charge in [-0.1, -0.05) is 13.3 Å². The second-order valence-corrected chi connectivity index (χ2v) is 1.87. The topological polar surface area (TPSA) is 15.8 Å². The SMILES string of the molecule is CCCc1[c]c[nH]c1. The zero-order valence-electron chi connectivity index (χ0n) is 5.07. The maximum atomic E-state index is 3.08. The summed E-state index contributed by atoms with van der Waals surface area (Å²) in [5.41, 5.74) is 1.28. The second-order valence-electron chi connectivity index (χ2n) is 1.87. The van der Waals surface area contributed by atoms with Gasteiger partial charge >= 0.3 is 0 Å². The van der Waals surface area contributed by atoms with E-state index in [0.717, 1.165) is 6.42 Å². The van der Waals surface area contributed by atoms with Crippen molar-refractivity contribution in [3.05, 3.63) is 24.0 Å². The lowest BCUT2D eigenvalue weighted by Crippen LogP contribution is -1.74. The van der Waals surface area contributed by atoms with Gasteiger partial charge in [0, 0.05) is 18.5 Å². The monoisotopic (exact) mass is 108 g/mol. The molecule has 0 aliphatic heterocycles. The van der Waals surface area contributed by atoms with Gasteiger partial charge in [0.1, 0.15) is 0 Å². The first kappa shape index (κ1) is 5.42. The van der Waals surface area contributed by atoms with Crippen LogP contribution in [0.4, 0.5) is 0 Å². The van der Waals surface area contributed by atoms with Gasteiger partial charge in [0.05, 0.1) is 0 Å². The molecule has 0 saturated heterocycles. The van der Waals surface area contributed by atoms with Gasteiger partial charge in [0.2, 0.25) is 0 Å². The molecule has 1 aromatic rings. The van der Waals surface area contributed by atoms with Crippen molar-refractivity contribution in [3.8, 4) is 0 Å². The van der Waals surface area contributed by atoms with Gasteiger partial charge < -0.3 is 4.98 Å². The van der Waals surface area contributed by atoms with Crippen molar-refractivity contribution in [3.63, 3.8) is 0 Å². The molecule has 0 bridgehead atoms. The third kappa shape index (κ3) is 1.12. The van der Waals surface area contributed by atoms with Crippen LogP contribution in [0.1, 0.15) is 18.9 Å². The molecule has 1 heteroatoms. The maximum absolute atomic E-state index is 3.08. The van der Waals surface area contributed by atoms with Crippen molar-refractivity contribution >= 4 is 0 Å².